The highest BCUT2D eigenvalue weighted by molar-refractivity contribution is 5.90. The van der Waals surface area contributed by atoms with Crippen LogP contribution in [0.4, 0.5) is 0 Å². The highest BCUT2D eigenvalue weighted by Crippen LogP contribution is 2.13. The van der Waals surface area contributed by atoms with Crippen molar-refractivity contribution < 1.29 is 9.53 Å². The number of carbonyl (C=O) groups excluding carboxylic acids is 1. The summed E-state index contributed by atoms with van der Waals surface area (Å²) in [5, 5.41) is 0. The van der Waals surface area contributed by atoms with Gasteiger partial charge in [-0.25, -0.2) is 4.79 Å². The quantitative estimate of drug-likeness (QED) is 0.814. The Labute approximate surface area is 136 Å². The van der Waals surface area contributed by atoms with Gasteiger partial charge in [-0.05, 0) is 62.9 Å². The van der Waals surface area contributed by atoms with Crippen LogP contribution < -0.4 is 5.56 Å². The van der Waals surface area contributed by atoms with Gasteiger partial charge in [-0.15, -0.1) is 0 Å². The van der Waals surface area contributed by atoms with Gasteiger partial charge in [0.05, 0.1) is 13.2 Å². The predicted molar refractivity (Wildman–Crippen MR) is 91.2 cm³/mol. The van der Waals surface area contributed by atoms with E-state index in [1.807, 2.05) is 32.0 Å². The van der Waals surface area contributed by atoms with E-state index < -0.39 is 5.97 Å². The first-order valence-electron chi connectivity index (χ1n) is 7.79. The van der Waals surface area contributed by atoms with Crippen LogP contribution in [0.2, 0.25) is 0 Å². The molecule has 0 radical (unpaired) electrons. The smallest absolute Gasteiger partial charge is 0.344 e. The van der Waals surface area contributed by atoms with Gasteiger partial charge in [0.25, 0.3) is 5.56 Å². The van der Waals surface area contributed by atoms with Gasteiger partial charge in [0.2, 0.25) is 0 Å². The molecule has 0 unspecified atom stereocenters. The second-order valence-electron chi connectivity index (χ2n) is 5.87. The molecule has 0 aliphatic carbocycles. The molecule has 0 saturated carbocycles. The average molecular weight is 313 g/mol. The maximum atomic E-state index is 12.7. The van der Waals surface area contributed by atoms with E-state index in [9.17, 15) is 9.59 Å². The molecule has 0 aliphatic heterocycles. The number of esters is 1. The highest BCUT2D eigenvalue weighted by atomic mass is 16.5. The summed E-state index contributed by atoms with van der Waals surface area (Å²) < 4.78 is 6.65. The Morgan fingerprint density at radius 3 is 2.35 bits per heavy atom. The van der Waals surface area contributed by atoms with Gasteiger partial charge in [-0.2, -0.15) is 0 Å². The zero-order chi connectivity index (χ0) is 17.1. The van der Waals surface area contributed by atoms with Crippen molar-refractivity contribution in [2.75, 3.05) is 6.61 Å². The lowest BCUT2D eigenvalue weighted by Crippen LogP contribution is -2.30. The molecule has 1 heterocycles. The zero-order valence-electron chi connectivity index (χ0n) is 14.4. The molecule has 2 rings (SSSR count). The van der Waals surface area contributed by atoms with Crippen LogP contribution in [0.25, 0.3) is 0 Å². The summed E-state index contributed by atoms with van der Waals surface area (Å²) in [5.41, 5.74) is 4.76. The molecule has 0 amide bonds. The first-order chi connectivity index (χ1) is 10.8. The van der Waals surface area contributed by atoms with Gasteiger partial charge in [-0.3, -0.25) is 4.79 Å². The Kier molecular flexibility index (Phi) is 5.04. The number of benzene rings is 1. The third-order valence-corrected chi connectivity index (χ3v) is 4.10. The van der Waals surface area contributed by atoms with E-state index >= 15 is 0 Å². The Balaban J connectivity index is 2.50. The van der Waals surface area contributed by atoms with Crippen LogP contribution in [0.3, 0.4) is 0 Å². The normalized spacial score (nSPS) is 10.7. The minimum atomic E-state index is -0.552. The SMILES string of the molecule is CCOC(=O)c1c(C)cc(C)n(Cc2ccc(C)c(C)c2)c1=O. The van der Waals surface area contributed by atoms with E-state index in [0.29, 0.717) is 12.1 Å². The summed E-state index contributed by atoms with van der Waals surface area (Å²) in [4.78, 5) is 24.8. The van der Waals surface area contributed by atoms with Crippen LogP contribution in [0.15, 0.2) is 29.1 Å². The van der Waals surface area contributed by atoms with Crippen molar-refractivity contribution in [2.24, 2.45) is 0 Å². The molecule has 4 nitrogen and oxygen atoms in total. The first kappa shape index (κ1) is 17.0. The average Bonchev–Trinajstić information content (AvgIpc) is 2.47. The molecule has 0 N–H and O–H groups in total. The number of rotatable bonds is 4. The monoisotopic (exact) mass is 313 g/mol. The van der Waals surface area contributed by atoms with Crippen molar-refractivity contribution in [1.29, 1.82) is 0 Å². The van der Waals surface area contributed by atoms with E-state index in [0.717, 1.165) is 11.3 Å². The summed E-state index contributed by atoms with van der Waals surface area (Å²) >= 11 is 0. The van der Waals surface area contributed by atoms with Crippen LogP contribution in [0.5, 0.6) is 0 Å². The molecule has 0 atom stereocenters. The molecule has 0 saturated heterocycles. The first-order valence-corrected chi connectivity index (χ1v) is 7.79. The zero-order valence-corrected chi connectivity index (χ0v) is 14.4. The molecule has 4 heteroatoms. The number of hydrogen-bond acceptors (Lipinski definition) is 3. The molecule has 122 valence electrons. The second-order valence-corrected chi connectivity index (χ2v) is 5.87. The number of nitrogens with zero attached hydrogens (tertiary/aromatic N) is 1. The number of ether oxygens (including phenoxy) is 1. The molecule has 0 spiro atoms. The van der Waals surface area contributed by atoms with Gasteiger partial charge in [0, 0.05) is 5.69 Å². The Morgan fingerprint density at radius 2 is 1.74 bits per heavy atom. The van der Waals surface area contributed by atoms with Crippen LogP contribution in [0.1, 0.15) is 45.2 Å². The molecular weight excluding hydrogens is 290 g/mol. The number of aromatic nitrogens is 1. The molecule has 0 bridgehead atoms. The van der Waals surface area contributed by atoms with Gasteiger partial charge in [-0.1, -0.05) is 18.2 Å². The van der Waals surface area contributed by atoms with E-state index in [2.05, 4.69) is 13.0 Å². The standard InChI is InChI=1S/C19H23NO3/c1-6-23-19(22)17-14(4)9-15(5)20(18(17)21)11-16-8-7-12(2)13(3)10-16/h7-10H,6,11H2,1-5H3. The van der Waals surface area contributed by atoms with Gasteiger partial charge < -0.3 is 9.30 Å². The van der Waals surface area contributed by atoms with Crippen LogP contribution >= 0.6 is 0 Å². The lowest BCUT2D eigenvalue weighted by Gasteiger charge is -2.14. The maximum absolute atomic E-state index is 12.7. The van der Waals surface area contributed by atoms with Crippen molar-refractivity contribution in [2.45, 2.75) is 41.2 Å². The summed E-state index contributed by atoms with van der Waals surface area (Å²) in [6, 6.07) is 7.99. The lowest BCUT2D eigenvalue weighted by atomic mass is 10.1. The van der Waals surface area contributed by atoms with E-state index in [4.69, 9.17) is 4.74 Å². The van der Waals surface area contributed by atoms with Crippen molar-refractivity contribution >= 4 is 5.97 Å². The van der Waals surface area contributed by atoms with E-state index in [1.165, 1.54) is 11.1 Å². The fourth-order valence-corrected chi connectivity index (χ4v) is 2.66. The van der Waals surface area contributed by atoms with Crippen molar-refractivity contribution in [1.82, 2.24) is 4.57 Å². The van der Waals surface area contributed by atoms with E-state index in [-0.39, 0.29) is 17.7 Å². The maximum Gasteiger partial charge on any atom is 0.344 e. The Hall–Kier alpha value is -2.36. The minimum Gasteiger partial charge on any atom is -0.462 e. The molecule has 0 fully saturated rings. The van der Waals surface area contributed by atoms with Crippen molar-refractivity contribution in [3.05, 3.63) is 68.1 Å². The second kappa shape index (κ2) is 6.82. The van der Waals surface area contributed by atoms with Crippen molar-refractivity contribution in [3.63, 3.8) is 0 Å². The van der Waals surface area contributed by atoms with Gasteiger partial charge >= 0.3 is 5.97 Å². The molecule has 23 heavy (non-hydrogen) atoms. The molecule has 1 aromatic heterocycles. The van der Waals surface area contributed by atoms with Crippen LogP contribution in [-0.4, -0.2) is 17.1 Å². The fourth-order valence-electron chi connectivity index (χ4n) is 2.66. The van der Waals surface area contributed by atoms with Crippen LogP contribution in [-0.2, 0) is 11.3 Å². The third kappa shape index (κ3) is 3.52. The highest BCUT2D eigenvalue weighted by Gasteiger charge is 2.18. The van der Waals surface area contributed by atoms with Crippen LogP contribution in [0, 0.1) is 27.7 Å². The molecular formula is C19H23NO3. The number of carbonyl (C=O) groups is 1. The molecule has 2 aromatic rings. The number of pyridine rings is 1. The van der Waals surface area contributed by atoms with Gasteiger partial charge in [0.15, 0.2) is 0 Å². The predicted octanol–water partition coefficient (Wildman–Crippen LogP) is 3.31. The molecule has 1 aromatic carbocycles. The Bertz CT molecular complexity index is 803. The largest absolute Gasteiger partial charge is 0.462 e. The third-order valence-electron chi connectivity index (χ3n) is 4.10. The summed E-state index contributed by atoms with van der Waals surface area (Å²) in [7, 11) is 0. The minimum absolute atomic E-state index is 0.126. The number of aryl methyl sites for hydroxylation is 4. The molecule has 0 aliphatic rings. The topological polar surface area (TPSA) is 48.3 Å². The van der Waals surface area contributed by atoms with Crippen molar-refractivity contribution in [3.8, 4) is 0 Å². The Morgan fingerprint density at radius 1 is 1.04 bits per heavy atom. The lowest BCUT2D eigenvalue weighted by molar-refractivity contribution is 0.0522. The van der Waals surface area contributed by atoms with E-state index in [1.54, 1.807) is 18.4 Å². The number of hydrogen-bond donors (Lipinski definition) is 0. The fraction of sp³-hybridized carbons (Fsp3) is 0.368. The summed E-state index contributed by atoms with van der Waals surface area (Å²) in [6.45, 7) is 10.2. The summed E-state index contributed by atoms with van der Waals surface area (Å²) in [6.07, 6.45) is 0. The summed E-state index contributed by atoms with van der Waals surface area (Å²) in [5.74, 6) is -0.552. The van der Waals surface area contributed by atoms with Gasteiger partial charge in [0.1, 0.15) is 5.56 Å².